The molecule has 106 valence electrons. The molecule has 1 unspecified atom stereocenters. The van der Waals surface area contributed by atoms with Crippen molar-refractivity contribution < 1.29 is 9.90 Å². The van der Waals surface area contributed by atoms with Crippen LogP contribution < -0.4 is 5.73 Å². The summed E-state index contributed by atoms with van der Waals surface area (Å²) in [5.41, 5.74) is 7.38. The van der Waals surface area contributed by atoms with E-state index in [0.29, 0.717) is 12.8 Å². The second-order valence-electron chi connectivity index (χ2n) is 4.96. The van der Waals surface area contributed by atoms with Crippen molar-refractivity contribution in [1.29, 1.82) is 0 Å². The van der Waals surface area contributed by atoms with Crippen LogP contribution in [0.4, 0.5) is 0 Å². The molecule has 0 spiro atoms. The van der Waals surface area contributed by atoms with Gasteiger partial charge in [-0.25, -0.2) is 0 Å². The maximum Gasteiger partial charge on any atom is 0.323 e. The summed E-state index contributed by atoms with van der Waals surface area (Å²) in [6.07, 6.45) is 1.86. The maximum atomic E-state index is 11.0. The molecule has 3 nitrogen and oxygen atoms in total. The Labute approximate surface area is 119 Å². The third-order valence-corrected chi connectivity index (χ3v) is 4.43. The van der Waals surface area contributed by atoms with Crippen LogP contribution in [0, 0.1) is 6.92 Å². The maximum absolute atomic E-state index is 11.0. The molecule has 0 amide bonds. The first kappa shape index (κ1) is 16.1. The summed E-state index contributed by atoms with van der Waals surface area (Å²) in [7, 11) is 0. The predicted molar refractivity (Wildman–Crippen MR) is 81.4 cm³/mol. The minimum Gasteiger partial charge on any atom is -0.480 e. The van der Waals surface area contributed by atoms with Crippen molar-refractivity contribution in [2.75, 3.05) is 5.75 Å². The summed E-state index contributed by atoms with van der Waals surface area (Å²) < 4.78 is 0. The van der Waals surface area contributed by atoms with E-state index in [1.807, 2.05) is 18.7 Å². The molecular formula is C15H23NO2S. The molecule has 0 aromatic heterocycles. The Morgan fingerprint density at radius 1 is 1.47 bits per heavy atom. The summed E-state index contributed by atoms with van der Waals surface area (Å²) >= 11 is 1.83. The molecule has 0 fully saturated rings. The topological polar surface area (TPSA) is 63.3 Å². The SMILES string of the molecule is CCC(N)(CCCSCc1cccc(C)c1)C(=O)O. The third kappa shape index (κ3) is 5.25. The van der Waals surface area contributed by atoms with Crippen molar-refractivity contribution in [2.24, 2.45) is 5.73 Å². The first-order chi connectivity index (χ1) is 8.98. The lowest BCUT2D eigenvalue weighted by molar-refractivity contribution is -0.143. The molecule has 3 N–H and O–H groups in total. The highest BCUT2D eigenvalue weighted by Gasteiger charge is 2.30. The van der Waals surface area contributed by atoms with E-state index in [1.165, 1.54) is 11.1 Å². The number of hydrogen-bond acceptors (Lipinski definition) is 3. The van der Waals surface area contributed by atoms with E-state index < -0.39 is 11.5 Å². The van der Waals surface area contributed by atoms with Gasteiger partial charge >= 0.3 is 5.97 Å². The Morgan fingerprint density at radius 2 is 2.21 bits per heavy atom. The molecule has 4 heteroatoms. The average molecular weight is 281 g/mol. The monoisotopic (exact) mass is 281 g/mol. The third-order valence-electron chi connectivity index (χ3n) is 3.32. The Hall–Kier alpha value is -1.00. The first-order valence-corrected chi connectivity index (χ1v) is 7.79. The van der Waals surface area contributed by atoms with E-state index in [0.717, 1.165) is 17.9 Å². The molecule has 1 aromatic rings. The van der Waals surface area contributed by atoms with Crippen molar-refractivity contribution >= 4 is 17.7 Å². The van der Waals surface area contributed by atoms with Gasteiger partial charge in [0.25, 0.3) is 0 Å². The number of thioether (sulfide) groups is 1. The lowest BCUT2D eigenvalue weighted by Gasteiger charge is -2.22. The average Bonchev–Trinajstić information content (AvgIpc) is 2.38. The smallest absolute Gasteiger partial charge is 0.323 e. The van der Waals surface area contributed by atoms with Crippen LogP contribution >= 0.6 is 11.8 Å². The van der Waals surface area contributed by atoms with Crippen LogP contribution in [0.3, 0.4) is 0 Å². The Balaban J connectivity index is 2.26. The molecule has 0 aliphatic heterocycles. The van der Waals surface area contributed by atoms with Crippen LogP contribution in [0.5, 0.6) is 0 Å². The molecule has 19 heavy (non-hydrogen) atoms. The van der Waals surface area contributed by atoms with Gasteiger partial charge in [-0.3, -0.25) is 4.79 Å². The highest BCUT2D eigenvalue weighted by molar-refractivity contribution is 7.98. The lowest BCUT2D eigenvalue weighted by atomic mass is 9.92. The number of nitrogens with two attached hydrogens (primary N) is 1. The Morgan fingerprint density at radius 3 is 2.79 bits per heavy atom. The second-order valence-corrected chi connectivity index (χ2v) is 6.07. The standard InChI is InChI=1S/C15H23NO2S/c1-3-15(16,14(17)18)8-5-9-19-11-13-7-4-6-12(2)10-13/h4,6-7,10H,3,5,8-9,11,16H2,1-2H3,(H,17,18). The van der Waals surface area contributed by atoms with Gasteiger partial charge in [0.15, 0.2) is 0 Å². The fourth-order valence-corrected chi connectivity index (χ4v) is 2.82. The predicted octanol–water partition coefficient (Wildman–Crippen LogP) is 3.20. The Kier molecular flexibility index (Phi) is 6.38. The largest absolute Gasteiger partial charge is 0.480 e. The molecule has 1 rings (SSSR count). The van der Waals surface area contributed by atoms with Crippen molar-refractivity contribution in [1.82, 2.24) is 0 Å². The van der Waals surface area contributed by atoms with Crippen LogP contribution in [0.15, 0.2) is 24.3 Å². The number of carboxylic acid groups (broad SMARTS) is 1. The van der Waals surface area contributed by atoms with Gasteiger partial charge in [-0.2, -0.15) is 11.8 Å². The number of rotatable bonds is 8. The molecular weight excluding hydrogens is 258 g/mol. The number of carboxylic acids is 1. The van der Waals surface area contributed by atoms with Crippen LogP contribution in [0.25, 0.3) is 0 Å². The number of benzene rings is 1. The van der Waals surface area contributed by atoms with Crippen LogP contribution in [-0.2, 0) is 10.5 Å². The molecule has 1 aromatic carbocycles. The zero-order valence-electron chi connectivity index (χ0n) is 11.7. The van der Waals surface area contributed by atoms with Gasteiger partial charge in [0.2, 0.25) is 0 Å². The summed E-state index contributed by atoms with van der Waals surface area (Å²) in [4.78, 5) is 11.0. The molecule has 0 radical (unpaired) electrons. The van der Waals surface area contributed by atoms with E-state index in [-0.39, 0.29) is 0 Å². The van der Waals surface area contributed by atoms with Gasteiger partial charge in [-0.05, 0) is 37.5 Å². The summed E-state index contributed by atoms with van der Waals surface area (Å²) in [5.74, 6) is 1.03. The van der Waals surface area contributed by atoms with Crippen molar-refractivity contribution in [3.63, 3.8) is 0 Å². The quantitative estimate of drug-likeness (QED) is 0.718. The summed E-state index contributed by atoms with van der Waals surface area (Å²) in [6.45, 7) is 3.92. The molecule has 1 atom stereocenters. The van der Waals surface area contributed by atoms with Gasteiger partial charge in [0.05, 0.1) is 0 Å². The molecule has 0 bridgehead atoms. The van der Waals surface area contributed by atoms with E-state index in [4.69, 9.17) is 10.8 Å². The van der Waals surface area contributed by atoms with Gasteiger partial charge in [-0.1, -0.05) is 36.8 Å². The van der Waals surface area contributed by atoms with E-state index in [2.05, 4.69) is 31.2 Å². The molecule has 0 aliphatic carbocycles. The van der Waals surface area contributed by atoms with E-state index >= 15 is 0 Å². The van der Waals surface area contributed by atoms with Gasteiger partial charge in [-0.15, -0.1) is 0 Å². The highest BCUT2D eigenvalue weighted by Crippen LogP contribution is 2.19. The zero-order chi connectivity index (χ0) is 14.3. The van der Waals surface area contributed by atoms with Crippen molar-refractivity contribution in [3.8, 4) is 0 Å². The fourth-order valence-electron chi connectivity index (χ4n) is 1.92. The second kappa shape index (κ2) is 7.56. The normalized spacial score (nSPS) is 14.1. The zero-order valence-corrected chi connectivity index (χ0v) is 12.5. The fraction of sp³-hybridized carbons (Fsp3) is 0.533. The number of aliphatic carboxylic acids is 1. The van der Waals surface area contributed by atoms with Crippen molar-refractivity contribution in [2.45, 2.75) is 44.4 Å². The van der Waals surface area contributed by atoms with Crippen molar-refractivity contribution in [3.05, 3.63) is 35.4 Å². The van der Waals surface area contributed by atoms with Gasteiger partial charge in [0.1, 0.15) is 5.54 Å². The molecule has 0 aliphatic rings. The van der Waals surface area contributed by atoms with E-state index in [9.17, 15) is 4.79 Å². The van der Waals surface area contributed by atoms with Crippen LogP contribution in [0.1, 0.15) is 37.3 Å². The number of hydrogen-bond donors (Lipinski definition) is 2. The van der Waals surface area contributed by atoms with Crippen LogP contribution in [-0.4, -0.2) is 22.4 Å². The number of aryl methyl sites for hydroxylation is 1. The minimum atomic E-state index is -1.05. The summed E-state index contributed by atoms with van der Waals surface area (Å²) in [5, 5.41) is 9.07. The van der Waals surface area contributed by atoms with Gasteiger partial charge < -0.3 is 10.8 Å². The van der Waals surface area contributed by atoms with E-state index in [1.54, 1.807) is 0 Å². The first-order valence-electron chi connectivity index (χ1n) is 6.63. The Bertz CT molecular complexity index is 422. The van der Waals surface area contributed by atoms with Gasteiger partial charge in [0, 0.05) is 5.75 Å². The molecule has 0 saturated heterocycles. The number of carbonyl (C=O) groups is 1. The molecule has 0 saturated carbocycles. The lowest BCUT2D eigenvalue weighted by Crippen LogP contribution is -2.47. The molecule has 0 heterocycles. The summed E-state index contributed by atoms with van der Waals surface area (Å²) in [6, 6.07) is 8.46. The van der Waals surface area contributed by atoms with Crippen LogP contribution in [0.2, 0.25) is 0 Å². The highest BCUT2D eigenvalue weighted by atomic mass is 32.2. The minimum absolute atomic E-state index is 0.477.